The van der Waals surface area contributed by atoms with Crippen LogP contribution in [0.3, 0.4) is 0 Å². The highest BCUT2D eigenvalue weighted by atomic mass is 35.5. The molecule has 0 spiro atoms. The molecular formula is C9H6ClN3O2. The SMILES string of the molecule is Nc1c([N+](=O)[O-])cnc2cc(Cl)ccc12. The van der Waals surface area contributed by atoms with Gasteiger partial charge in [-0.1, -0.05) is 11.6 Å². The van der Waals surface area contributed by atoms with Gasteiger partial charge in [-0.05, 0) is 18.2 Å². The van der Waals surface area contributed by atoms with Crippen molar-refractivity contribution in [2.45, 2.75) is 0 Å². The van der Waals surface area contributed by atoms with E-state index in [1.807, 2.05) is 0 Å². The number of hydrogen-bond acceptors (Lipinski definition) is 4. The molecular weight excluding hydrogens is 218 g/mol. The van der Waals surface area contributed by atoms with Crippen LogP contribution >= 0.6 is 11.6 Å². The molecule has 0 bridgehead atoms. The third-order valence-corrected chi connectivity index (χ3v) is 2.28. The van der Waals surface area contributed by atoms with Gasteiger partial charge in [0.1, 0.15) is 11.9 Å². The number of aromatic nitrogens is 1. The summed E-state index contributed by atoms with van der Waals surface area (Å²) in [5.74, 6) is 0. The summed E-state index contributed by atoms with van der Waals surface area (Å²) in [5.41, 5.74) is 6.11. The van der Waals surface area contributed by atoms with E-state index in [0.29, 0.717) is 15.9 Å². The zero-order valence-corrected chi connectivity index (χ0v) is 8.23. The second-order valence-electron chi connectivity index (χ2n) is 2.98. The van der Waals surface area contributed by atoms with E-state index in [-0.39, 0.29) is 11.4 Å². The quantitative estimate of drug-likeness (QED) is 0.594. The molecule has 2 N–H and O–H groups in total. The van der Waals surface area contributed by atoms with E-state index in [9.17, 15) is 10.1 Å². The van der Waals surface area contributed by atoms with Crippen LogP contribution in [0.25, 0.3) is 10.9 Å². The summed E-state index contributed by atoms with van der Waals surface area (Å²) in [5, 5.41) is 11.6. The minimum Gasteiger partial charge on any atom is -0.393 e. The molecule has 0 saturated heterocycles. The van der Waals surface area contributed by atoms with Crippen molar-refractivity contribution in [1.82, 2.24) is 4.98 Å². The second-order valence-corrected chi connectivity index (χ2v) is 3.41. The van der Waals surface area contributed by atoms with E-state index in [1.54, 1.807) is 18.2 Å². The lowest BCUT2D eigenvalue weighted by Crippen LogP contribution is -1.97. The number of pyridine rings is 1. The largest absolute Gasteiger partial charge is 0.393 e. The van der Waals surface area contributed by atoms with Gasteiger partial charge in [-0.25, -0.2) is 4.98 Å². The molecule has 0 aliphatic carbocycles. The first kappa shape index (κ1) is 9.67. The molecule has 76 valence electrons. The molecule has 1 aromatic carbocycles. The Bertz CT molecular complexity index is 556. The average Bonchev–Trinajstić information content (AvgIpc) is 2.17. The number of nitrogens with two attached hydrogens (primary N) is 1. The van der Waals surface area contributed by atoms with Gasteiger partial charge in [0.15, 0.2) is 0 Å². The lowest BCUT2D eigenvalue weighted by molar-refractivity contribution is -0.384. The minimum absolute atomic E-state index is 0.113. The summed E-state index contributed by atoms with van der Waals surface area (Å²) in [6, 6.07) is 4.84. The second kappa shape index (κ2) is 3.36. The fraction of sp³-hybridized carbons (Fsp3) is 0. The van der Waals surface area contributed by atoms with Crippen LogP contribution < -0.4 is 5.73 Å². The van der Waals surface area contributed by atoms with Gasteiger partial charge in [-0.2, -0.15) is 0 Å². The molecule has 2 rings (SSSR count). The van der Waals surface area contributed by atoms with E-state index in [2.05, 4.69) is 4.98 Å². The molecule has 0 amide bonds. The van der Waals surface area contributed by atoms with Gasteiger partial charge in [0, 0.05) is 10.4 Å². The Morgan fingerprint density at radius 3 is 2.87 bits per heavy atom. The Kier molecular flexibility index (Phi) is 2.17. The molecule has 0 unspecified atom stereocenters. The maximum atomic E-state index is 10.6. The van der Waals surface area contributed by atoms with E-state index in [0.717, 1.165) is 6.20 Å². The maximum absolute atomic E-state index is 10.6. The summed E-state index contributed by atoms with van der Waals surface area (Å²) >= 11 is 5.76. The van der Waals surface area contributed by atoms with Crippen molar-refractivity contribution in [3.05, 3.63) is 39.5 Å². The first-order valence-electron chi connectivity index (χ1n) is 4.07. The molecule has 5 nitrogen and oxygen atoms in total. The van der Waals surface area contributed by atoms with E-state index >= 15 is 0 Å². The lowest BCUT2D eigenvalue weighted by Gasteiger charge is -2.02. The van der Waals surface area contributed by atoms with E-state index in [4.69, 9.17) is 17.3 Å². The normalized spacial score (nSPS) is 10.5. The van der Waals surface area contributed by atoms with Crippen LogP contribution in [0, 0.1) is 10.1 Å². The third-order valence-electron chi connectivity index (χ3n) is 2.05. The fourth-order valence-electron chi connectivity index (χ4n) is 1.32. The van der Waals surface area contributed by atoms with Gasteiger partial charge in [0.25, 0.3) is 0 Å². The number of hydrogen-bond donors (Lipinski definition) is 1. The number of nitrogens with zero attached hydrogens (tertiary/aromatic N) is 2. The molecule has 15 heavy (non-hydrogen) atoms. The third kappa shape index (κ3) is 1.57. The highest BCUT2D eigenvalue weighted by molar-refractivity contribution is 6.31. The smallest absolute Gasteiger partial charge is 0.310 e. The molecule has 0 aliphatic heterocycles. The molecule has 2 aromatic rings. The lowest BCUT2D eigenvalue weighted by atomic mass is 10.2. The summed E-state index contributed by atoms with van der Waals surface area (Å²) in [4.78, 5) is 14.0. The number of benzene rings is 1. The molecule has 1 aromatic heterocycles. The van der Waals surface area contributed by atoms with Crippen molar-refractivity contribution in [2.24, 2.45) is 0 Å². The Labute approximate surface area is 89.6 Å². The summed E-state index contributed by atoms with van der Waals surface area (Å²) in [6.45, 7) is 0. The van der Waals surface area contributed by atoms with Crippen molar-refractivity contribution in [1.29, 1.82) is 0 Å². The first-order valence-corrected chi connectivity index (χ1v) is 4.45. The van der Waals surface area contributed by atoms with Gasteiger partial charge < -0.3 is 5.73 Å². The van der Waals surface area contributed by atoms with Crippen molar-refractivity contribution in [3.63, 3.8) is 0 Å². The van der Waals surface area contributed by atoms with Crippen LogP contribution in [0.1, 0.15) is 0 Å². The van der Waals surface area contributed by atoms with Crippen LogP contribution in [0.5, 0.6) is 0 Å². The molecule has 6 heteroatoms. The summed E-state index contributed by atoms with van der Waals surface area (Å²) < 4.78 is 0. The van der Waals surface area contributed by atoms with Gasteiger partial charge in [-0.15, -0.1) is 0 Å². The van der Waals surface area contributed by atoms with Crippen LogP contribution in [0.4, 0.5) is 11.4 Å². The number of fused-ring (bicyclic) bond motifs is 1. The van der Waals surface area contributed by atoms with Crippen LogP contribution in [0.15, 0.2) is 24.4 Å². The fourth-order valence-corrected chi connectivity index (χ4v) is 1.49. The molecule has 0 saturated carbocycles. The molecule has 0 radical (unpaired) electrons. The van der Waals surface area contributed by atoms with Crippen LogP contribution in [-0.2, 0) is 0 Å². The van der Waals surface area contributed by atoms with Gasteiger partial charge in [0.05, 0.1) is 10.4 Å². The van der Waals surface area contributed by atoms with Crippen LogP contribution in [-0.4, -0.2) is 9.91 Å². The maximum Gasteiger partial charge on any atom is 0.310 e. The number of nitrogen functional groups attached to an aromatic ring is 1. The van der Waals surface area contributed by atoms with Crippen molar-refractivity contribution < 1.29 is 4.92 Å². The highest BCUT2D eigenvalue weighted by Crippen LogP contribution is 2.29. The Hall–Kier alpha value is -1.88. The Balaban J connectivity index is 2.80. The van der Waals surface area contributed by atoms with E-state index < -0.39 is 4.92 Å². The summed E-state index contributed by atoms with van der Waals surface area (Å²) in [6.07, 6.45) is 1.13. The monoisotopic (exact) mass is 223 g/mol. The predicted octanol–water partition coefficient (Wildman–Crippen LogP) is 2.38. The average molecular weight is 224 g/mol. The van der Waals surface area contributed by atoms with Gasteiger partial charge in [0.2, 0.25) is 0 Å². The zero-order chi connectivity index (χ0) is 11.0. The number of anilines is 1. The Morgan fingerprint density at radius 2 is 2.20 bits per heavy atom. The number of nitro groups is 1. The Morgan fingerprint density at radius 1 is 1.47 bits per heavy atom. The van der Waals surface area contributed by atoms with Gasteiger partial charge in [-0.3, -0.25) is 10.1 Å². The number of rotatable bonds is 1. The summed E-state index contributed by atoms with van der Waals surface area (Å²) in [7, 11) is 0. The minimum atomic E-state index is -0.559. The number of halogens is 1. The first-order chi connectivity index (χ1) is 7.09. The molecule has 1 heterocycles. The van der Waals surface area contributed by atoms with Gasteiger partial charge >= 0.3 is 5.69 Å². The van der Waals surface area contributed by atoms with Crippen molar-refractivity contribution >= 4 is 33.9 Å². The standard InChI is InChI=1S/C9H6ClN3O2/c10-5-1-2-6-7(3-5)12-4-8(9(6)11)13(14)15/h1-4H,(H2,11,12). The molecule has 0 atom stereocenters. The highest BCUT2D eigenvalue weighted by Gasteiger charge is 2.14. The van der Waals surface area contributed by atoms with Crippen molar-refractivity contribution in [2.75, 3.05) is 5.73 Å². The van der Waals surface area contributed by atoms with E-state index in [1.165, 1.54) is 0 Å². The molecule has 0 fully saturated rings. The van der Waals surface area contributed by atoms with Crippen molar-refractivity contribution in [3.8, 4) is 0 Å². The topological polar surface area (TPSA) is 82.0 Å². The van der Waals surface area contributed by atoms with Crippen LogP contribution in [0.2, 0.25) is 5.02 Å². The predicted molar refractivity (Wildman–Crippen MR) is 57.8 cm³/mol. The zero-order valence-electron chi connectivity index (χ0n) is 7.48. The molecule has 0 aliphatic rings.